The molecule has 0 rings (SSSR count). The molecule has 14 heavy (non-hydrogen) atoms. The van der Waals surface area contributed by atoms with Gasteiger partial charge < -0.3 is 16.0 Å². The van der Waals surface area contributed by atoms with Crippen LogP contribution in [0.1, 0.15) is 26.7 Å². The lowest BCUT2D eigenvalue weighted by molar-refractivity contribution is -0.122. The molecule has 0 spiro atoms. The second kappa shape index (κ2) is 7.76. The van der Waals surface area contributed by atoms with Crippen LogP contribution in [0.15, 0.2) is 0 Å². The maximum absolute atomic E-state index is 11.3. The van der Waals surface area contributed by atoms with E-state index >= 15 is 0 Å². The molecule has 4 nitrogen and oxygen atoms in total. The van der Waals surface area contributed by atoms with Gasteiger partial charge in [-0.05, 0) is 20.0 Å². The summed E-state index contributed by atoms with van der Waals surface area (Å²) in [6.45, 7) is 6.67. The van der Waals surface area contributed by atoms with Crippen molar-refractivity contribution in [2.24, 2.45) is 5.73 Å². The Morgan fingerprint density at radius 1 is 1.50 bits per heavy atom. The highest BCUT2D eigenvalue weighted by Crippen LogP contribution is 1.92. The molecule has 1 atom stereocenters. The Kier molecular flexibility index (Phi) is 7.42. The van der Waals surface area contributed by atoms with Crippen molar-refractivity contribution in [1.82, 2.24) is 10.2 Å². The van der Waals surface area contributed by atoms with Crippen LogP contribution >= 0.6 is 0 Å². The molecule has 0 heterocycles. The van der Waals surface area contributed by atoms with Crippen LogP contribution in [-0.2, 0) is 4.79 Å². The highest BCUT2D eigenvalue weighted by Gasteiger charge is 2.10. The smallest absolute Gasteiger partial charge is 0.236 e. The summed E-state index contributed by atoms with van der Waals surface area (Å²) in [5.74, 6) is -0.0312. The predicted molar refractivity (Wildman–Crippen MR) is 59.1 cm³/mol. The Hall–Kier alpha value is -0.610. The fourth-order valence-corrected chi connectivity index (χ4v) is 1.10. The average Bonchev–Trinajstić information content (AvgIpc) is 2.17. The molecule has 0 aliphatic rings. The second-order valence-corrected chi connectivity index (χ2v) is 3.58. The molecular weight excluding hydrogens is 178 g/mol. The number of hydrogen-bond donors (Lipinski definition) is 2. The lowest BCUT2D eigenvalue weighted by Gasteiger charge is -2.15. The summed E-state index contributed by atoms with van der Waals surface area (Å²) < 4.78 is 0. The molecule has 0 fully saturated rings. The molecule has 0 aliphatic carbocycles. The number of hydrogen-bond acceptors (Lipinski definition) is 3. The van der Waals surface area contributed by atoms with E-state index < -0.39 is 0 Å². The van der Waals surface area contributed by atoms with Crippen LogP contribution in [0.5, 0.6) is 0 Å². The number of carbonyl (C=O) groups excluding carboxylic acids is 1. The topological polar surface area (TPSA) is 58.4 Å². The van der Waals surface area contributed by atoms with Crippen LogP contribution in [0.3, 0.4) is 0 Å². The van der Waals surface area contributed by atoms with Gasteiger partial charge >= 0.3 is 0 Å². The van der Waals surface area contributed by atoms with Crippen molar-refractivity contribution in [2.45, 2.75) is 32.7 Å². The Balaban J connectivity index is 3.53. The maximum Gasteiger partial charge on any atom is 0.236 e. The normalized spacial score (nSPS) is 12.9. The third-order valence-electron chi connectivity index (χ3n) is 2.27. The number of likely N-dealkylation sites (N-methyl/N-ethyl adjacent to an activating group) is 1. The summed E-state index contributed by atoms with van der Waals surface area (Å²) in [6.07, 6.45) is 1.71. The lowest BCUT2D eigenvalue weighted by Crippen LogP contribution is -2.43. The fourth-order valence-electron chi connectivity index (χ4n) is 1.10. The molecule has 0 unspecified atom stereocenters. The predicted octanol–water partition coefficient (Wildman–Crippen LogP) is 0.182. The van der Waals surface area contributed by atoms with Crippen molar-refractivity contribution in [3.05, 3.63) is 0 Å². The lowest BCUT2D eigenvalue weighted by atomic mass is 10.2. The minimum atomic E-state index is -0.341. The minimum Gasteiger partial charge on any atom is -0.353 e. The average molecular weight is 201 g/mol. The van der Waals surface area contributed by atoms with E-state index in [9.17, 15) is 4.79 Å². The summed E-state index contributed by atoms with van der Waals surface area (Å²) in [4.78, 5) is 13.5. The van der Waals surface area contributed by atoms with Gasteiger partial charge in [-0.25, -0.2) is 0 Å². The van der Waals surface area contributed by atoms with Crippen molar-refractivity contribution >= 4 is 5.91 Å². The molecule has 0 saturated heterocycles. The van der Waals surface area contributed by atoms with Gasteiger partial charge in [-0.15, -0.1) is 0 Å². The van der Waals surface area contributed by atoms with Crippen molar-refractivity contribution in [2.75, 3.05) is 26.7 Å². The van der Waals surface area contributed by atoms with E-state index in [0.717, 1.165) is 25.9 Å². The van der Waals surface area contributed by atoms with Crippen LogP contribution in [0.25, 0.3) is 0 Å². The van der Waals surface area contributed by atoms with Crippen molar-refractivity contribution in [3.8, 4) is 0 Å². The van der Waals surface area contributed by atoms with Crippen molar-refractivity contribution < 1.29 is 4.79 Å². The number of amides is 1. The molecule has 1 amide bonds. The first-order valence-corrected chi connectivity index (χ1v) is 5.33. The van der Waals surface area contributed by atoms with Gasteiger partial charge in [0, 0.05) is 13.1 Å². The zero-order valence-corrected chi connectivity index (χ0v) is 9.55. The van der Waals surface area contributed by atoms with Gasteiger partial charge in [0.05, 0.1) is 6.04 Å². The largest absolute Gasteiger partial charge is 0.353 e. The third-order valence-corrected chi connectivity index (χ3v) is 2.27. The Labute approximate surface area is 86.8 Å². The molecule has 3 N–H and O–H groups in total. The molecular formula is C10H23N3O. The number of nitrogens with zero attached hydrogens (tertiary/aromatic N) is 1. The molecule has 0 aromatic rings. The Morgan fingerprint density at radius 2 is 2.14 bits per heavy atom. The third kappa shape index (κ3) is 5.94. The fraction of sp³-hybridized carbons (Fsp3) is 0.900. The van der Waals surface area contributed by atoms with Crippen LogP contribution in [-0.4, -0.2) is 43.5 Å². The first-order chi connectivity index (χ1) is 6.61. The molecule has 84 valence electrons. The number of rotatable bonds is 7. The molecule has 0 saturated carbocycles. The molecule has 0 aromatic heterocycles. The molecule has 0 aromatic carbocycles. The van der Waals surface area contributed by atoms with Gasteiger partial charge in [0.1, 0.15) is 0 Å². The summed E-state index contributed by atoms with van der Waals surface area (Å²) in [7, 11) is 2.03. The first kappa shape index (κ1) is 13.4. The van der Waals surface area contributed by atoms with Gasteiger partial charge in [0.2, 0.25) is 5.91 Å². The first-order valence-electron chi connectivity index (χ1n) is 5.33. The van der Waals surface area contributed by atoms with E-state index in [1.807, 2.05) is 14.0 Å². The van der Waals surface area contributed by atoms with E-state index in [1.54, 1.807) is 0 Å². The highest BCUT2D eigenvalue weighted by atomic mass is 16.2. The standard InChI is InChI=1S/C10H23N3O/c1-4-6-9(11)10(14)12-7-8-13(3)5-2/h9H,4-8,11H2,1-3H3,(H,12,14)/t9-/m1/s1. The van der Waals surface area contributed by atoms with Crippen LogP contribution < -0.4 is 11.1 Å². The van der Waals surface area contributed by atoms with Crippen molar-refractivity contribution in [3.63, 3.8) is 0 Å². The highest BCUT2D eigenvalue weighted by molar-refractivity contribution is 5.81. The summed E-state index contributed by atoms with van der Waals surface area (Å²) in [6, 6.07) is -0.341. The molecule has 0 bridgehead atoms. The summed E-state index contributed by atoms with van der Waals surface area (Å²) in [5, 5.41) is 2.83. The SMILES string of the molecule is CCC[C@@H](N)C(=O)NCCN(C)CC. The number of nitrogens with one attached hydrogen (secondary N) is 1. The number of carbonyl (C=O) groups is 1. The zero-order chi connectivity index (χ0) is 11.0. The quantitative estimate of drug-likeness (QED) is 0.618. The van der Waals surface area contributed by atoms with E-state index in [2.05, 4.69) is 17.1 Å². The van der Waals surface area contributed by atoms with E-state index in [-0.39, 0.29) is 11.9 Å². The van der Waals surface area contributed by atoms with Crippen LogP contribution in [0, 0.1) is 0 Å². The van der Waals surface area contributed by atoms with E-state index in [1.165, 1.54) is 0 Å². The Bertz CT molecular complexity index is 161. The summed E-state index contributed by atoms with van der Waals surface area (Å²) >= 11 is 0. The monoisotopic (exact) mass is 201 g/mol. The van der Waals surface area contributed by atoms with Crippen LogP contribution in [0.2, 0.25) is 0 Å². The minimum absolute atomic E-state index is 0.0312. The molecule has 4 heteroatoms. The zero-order valence-electron chi connectivity index (χ0n) is 9.55. The molecule has 0 aliphatic heterocycles. The van der Waals surface area contributed by atoms with E-state index in [4.69, 9.17) is 5.73 Å². The summed E-state index contributed by atoms with van der Waals surface area (Å²) in [5.41, 5.74) is 5.65. The number of nitrogens with two attached hydrogens (primary N) is 1. The van der Waals surface area contributed by atoms with Gasteiger partial charge in [-0.2, -0.15) is 0 Å². The van der Waals surface area contributed by atoms with Gasteiger partial charge in [-0.3, -0.25) is 4.79 Å². The molecule has 0 radical (unpaired) electrons. The Morgan fingerprint density at radius 3 is 2.64 bits per heavy atom. The second-order valence-electron chi connectivity index (χ2n) is 3.58. The van der Waals surface area contributed by atoms with Gasteiger partial charge in [0.25, 0.3) is 0 Å². The maximum atomic E-state index is 11.3. The van der Waals surface area contributed by atoms with Crippen molar-refractivity contribution in [1.29, 1.82) is 0 Å². The van der Waals surface area contributed by atoms with Gasteiger partial charge in [0.15, 0.2) is 0 Å². The van der Waals surface area contributed by atoms with E-state index in [0.29, 0.717) is 6.54 Å². The van der Waals surface area contributed by atoms with Gasteiger partial charge in [-0.1, -0.05) is 20.3 Å². The van der Waals surface area contributed by atoms with Crippen LogP contribution in [0.4, 0.5) is 0 Å².